The van der Waals surface area contributed by atoms with Crippen LogP contribution in [0, 0.1) is 0 Å². The van der Waals surface area contributed by atoms with Gasteiger partial charge in [-0.15, -0.1) is 0 Å². The van der Waals surface area contributed by atoms with Crippen LogP contribution < -0.4 is 0 Å². The van der Waals surface area contributed by atoms with Crippen molar-refractivity contribution >= 4 is 17.6 Å². The van der Waals surface area contributed by atoms with E-state index in [4.69, 9.17) is 20.9 Å². The van der Waals surface area contributed by atoms with Crippen molar-refractivity contribution in [3.63, 3.8) is 0 Å². The van der Waals surface area contributed by atoms with E-state index in [1.54, 1.807) is 25.1 Å². The Morgan fingerprint density at radius 2 is 1.87 bits per heavy atom. The maximum absolute atomic E-state index is 12.4. The van der Waals surface area contributed by atoms with Crippen LogP contribution in [-0.4, -0.2) is 17.7 Å². The Morgan fingerprint density at radius 3 is 2.57 bits per heavy atom. The zero-order valence-corrected chi connectivity index (χ0v) is 13.2. The molecule has 1 aromatic heterocycles. The molecule has 0 fully saturated rings. The Balaban J connectivity index is 2.17. The van der Waals surface area contributed by atoms with Crippen LogP contribution in [0.5, 0.6) is 0 Å². The number of hydrogen-bond donors (Lipinski definition) is 0. The lowest BCUT2D eigenvalue weighted by Gasteiger charge is -2.04. The van der Waals surface area contributed by atoms with Gasteiger partial charge < -0.3 is 9.26 Å². The standard InChI is InChI=1S/C18H14ClNO3/c1-2-22-18(21)15-16(13-9-6-10-14(19)11-13)20-23-17(15)12-7-4-3-5-8-12/h3-11H,2H2,1H3. The second-order valence-electron chi connectivity index (χ2n) is 4.83. The molecule has 4 nitrogen and oxygen atoms in total. The Bertz CT molecular complexity index is 827. The number of rotatable bonds is 4. The SMILES string of the molecule is CCOC(=O)c1c(-c2cccc(Cl)c2)noc1-c1ccccc1. The number of halogens is 1. The number of ether oxygens (including phenoxy) is 1. The topological polar surface area (TPSA) is 52.3 Å². The zero-order chi connectivity index (χ0) is 16.2. The summed E-state index contributed by atoms with van der Waals surface area (Å²) in [6.07, 6.45) is 0. The summed E-state index contributed by atoms with van der Waals surface area (Å²) in [7, 11) is 0. The fourth-order valence-electron chi connectivity index (χ4n) is 2.30. The van der Waals surface area contributed by atoms with E-state index >= 15 is 0 Å². The van der Waals surface area contributed by atoms with E-state index in [0.29, 0.717) is 27.6 Å². The van der Waals surface area contributed by atoms with Crippen LogP contribution in [0.15, 0.2) is 59.1 Å². The lowest BCUT2D eigenvalue weighted by Crippen LogP contribution is -2.06. The third-order valence-electron chi connectivity index (χ3n) is 3.31. The first-order valence-corrected chi connectivity index (χ1v) is 7.56. The van der Waals surface area contributed by atoms with Crippen LogP contribution >= 0.6 is 11.6 Å². The molecule has 2 aromatic carbocycles. The predicted octanol–water partition coefficient (Wildman–Crippen LogP) is 4.84. The highest BCUT2D eigenvalue weighted by molar-refractivity contribution is 6.30. The largest absolute Gasteiger partial charge is 0.462 e. The summed E-state index contributed by atoms with van der Waals surface area (Å²) in [5, 5.41) is 4.63. The van der Waals surface area contributed by atoms with E-state index in [1.807, 2.05) is 36.4 Å². The molecule has 0 atom stereocenters. The first-order valence-electron chi connectivity index (χ1n) is 7.19. The monoisotopic (exact) mass is 327 g/mol. The fourth-order valence-corrected chi connectivity index (χ4v) is 2.49. The zero-order valence-electron chi connectivity index (χ0n) is 12.5. The van der Waals surface area contributed by atoms with Gasteiger partial charge in [0.15, 0.2) is 5.76 Å². The van der Waals surface area contributed by atoms with E-state index < -0.39 is 5.97 Å². The van der Waals surface area contributed by atoms with Gasteiger partial charge in [0.25, 0.3) is 0 Å². The first kappa shape index (κ1) is 15.3. The molecule has 0 saturated carbocycles. The third kappa shape index (κ3) is 3.12. The van der Waals surface area contributed by atoms with Gasteiger partial charge in [-0.3, -0.25) is 0 Å². The van der Waals surface area contributed by atoms with E-state index in [9.17, 15) is 4.79 Å². The molecule has 3 aromatic rings. The highest BCUT2D eigenvalue weighted by atomic mass is 35.5. The highest BCUT2D eigenvalue weighted by Crippen LogP contribution is 2.33. The minimum atomic E-state index is -0.470. The molecule has 0 aliphatic heterocycles. The van der Waals surface area contributed by atoms with Gasteiger partial charge in [0.05, 0.1) is 6.61 Å². The lowest BCUT2D eigenvalue weighted by atomic mass is 10.0. The number of hydrogen-bond acceptors (Lipinski definition) is 4. The molecule has 0 saturated heterocycles. The molecule has 1 heterocycles. The summed E-state index contributed by atoms with van der Waals surface area (Å²) in [6.45, 7) is 2.03. The van der Waals surface area contributed by atoms with Crippen LogP contribution in [0.1, 0.15) is 17.3 Å². The van der Waals surface area contributed by atoms with Crippen LogP contribution in [-0.2, 0) is 4.74 Å². The lowest BCUT2D eigenvalue weighted by molar-refractivity contribution is 0.0527. The maximum Gasteiger partial charge on any atom is 0.344 e. The molecule has 3 rings (SSSR count). The minimum Gasteiger partial charge on any atom is -0.462 e. The summed E-state index contributed by atoms with van der Waals surface area (Å²) in [5.74, 6) is -0.0818. The smallest absolute Gasteiger partial charge is 0.344 e. The van der Waals surface area contributed by atoms with Crippen molar-refractivity contribution in [1.82, 2.24) is 5.16 Å². The predicted molar refractivity (Wildman–Crippen MR) is 88.3 cm³/mol. The molecule has 23 heavy (non-hydrogen) atoms. The van der Waals surface area contributed by atoms with Crippen molar-refractivity contribution in [2.24, 2.45) is 0 Å². The first-order chi connectivity index (χ1) is 11.2. The normalized spacial score (nSPS) is 10.5. The van der Waals surface area contributed by atoms with Crippen LogP contribution in [0.4, 0.5) is 0 Å². The molecule has 0 unspecified atom stereocenters. The van der Waals surface area contributed by atoms with E-state index in [-0.39, 0.29) is 6.61 Å². The number of benzene rings is 2. The molecule has 5 heteroatoms. The number of esters is 1. The Labute approximate surface area is 138 Å². The van der Waals surface area contributed by atoms with Crippen molar-refractivity contribution in [3.05, 3.63) is 65.2 Å². The molecule has 0 radical (unpaired) electrons. The van der Waals surface area contributed by atoms with E-state index in [0.717, 1.165) is 5.56 Å². The number of carbonyl (C=O) groups excluding carboxylic acids is 1. The summed E-state index contributed by atoms with van der Waals surface area (Å²) in [6, 6.07) is 16.4. The summed E-state index contributed by atoms with van der Waals surface area (Å²) < 4.78 is 10.6. The quantitative estimate of drug-likeness (QED) is 0.643. The maximum atomic E-state index is 12.4. The molecule has 0 aliphatic rings. The van der Waals surface area contributed by atoms with Crippen molar-refractivity contribution in [3.8, 4) is 22.6 Å². The highest BCUT2D eigenvalue weighted by Gasteiger charge is 2.26. The van der Waals surface area contributed by atoms with Gasteiger partial charge in [-0.25, -0.2) is 4.79 Å². The second kappa shape index (κ2) is 6.67. The summed E-state index contributed by atoms with van der Waals surface area (Å²) >= 11 is 6.04. The van der Waals surface area contributed by atoms with Gasteiger partial charge in [0, 0.05) is 16.1 Å². The van der Waals surface area contributed by atoms with Crippen LogP contribution in [0.2, 0.25) is 5.02 Å². The molecule has 0 N–H and O–H groups in total. The van der Waals surface area contributed by atoms with Crippen LogP contribution in [0.3, 0.4) is 0 Å². The van der Waals surface area contributed by atoms with E-state index in [1.165, 1.54) is 0 Å². The molecule has 116 valence electrons. The average molecular weight is 328 g/mol. The summed E-state index contributed by atoms with van der Waals surface area (Å²) in [4.78, 5) is 12.4. The Hall–Kier alpha value is -2.59. The van der Waals surface area contributed by atoms with Gasteiger partial charge in [-0.05, 0) is 19.1 Å². The average Bonchev–Trinajstić information content (AvgIpc) is 3.01. The van der Waals surface area contributed by atoms with E-state index in [2.05, 4.69) is 5.16 Å². The molecule has 0 bridgehead atoms. The van der Waals surface area contributed by atoms with Crippen molar-refractivity contribution < 1.29 is 14.1 Å². The molecular formula is C18H14ClNO3. The molecular weight excluding hydrogens is 314 g/mol. The molecule has 0 amide bonds. The van der Waals surface area contributed by atoms with Crippen LogP contribution in [0.25, 0.3) is 22.6 Å². The molecule has 0 aliphatic carbocycles. The van der Waals surface area contributed by atoms with Gasteiger partial charge >= 0.3 is 5.97 Å². The van der Waals surface area contributed by atoms with Gasteiger partial charge in [-0.1, -0.05) is 59.2 Å². The number of carbonyl (C=O) groups is 1. The van der Waals surface area contributed by atoms with Gasteiger partial charge in [0.2, 0.25) is 0 Å². The van der Waals surface area contributed by atoms with Crippen molar-refractivity contribution in [1.29, 1.82) is 0 Å². The Morgan fingerprint density at radius 1 is 1.13 bits per heavy atom. The van der Waals surface area contributed by atoms with Crippen molar-refractivity contribution in [2.45, 2.75) is 6.92 Å². The second-order valence-corrected chi connectivity index (χ2v) is 5.27. The fraction of sp³-hybridized carbons (Fsp3) is 0.111. The van der Waals surface area contributed by atoms with Crippen molar-refractivity contribution in [2.75, 3.05) is 6.61 Å². The summed E-state index contributed by atoms with van der Waals surface area (Å²) in [5.41, 5.74) is 2.19. The number of aromatic nitrogens is 1. The van der Waals surface area contributed by atoms with Gasteiger partial charge in [0.1, 0.15) is 11.3 Å². The Kier molecular flexibility index (Phi) is 4.44. The minimum absolute atomic E-state index is 0.271. The number of nitrogens with zero attached hydrogens (tertiary/aromatic N) is 1. The third-order valence-corrected chi connectivity index (χ3v) is 3.54. The van der Waals surface area contributed by atoms with Gasteiger partial charge in [-0.2, -0.15) is 0 Å². The molecule has 0 spiro atoms.